The molecule has 0 aliphatic heterocycles. The number of ether oxygens (including phenoxy) is 1. The average Bonchev–Trinajstić information content (AvgIpc) is 2.97. The lowest BCUT2D eigenvalue weighted by molar-refractivity contribution is -0.885. The van der Waals surface area contributed by atoms with Crippen LogP contribution in [-0.2, 0) is 9.53 Å². The summed E-state index contributed by atoms with van der Waals surface area (Å²) in [5.74, 6) is -0.743. The van der Waals surface area contributed by atoms with E-state index in [4.69, 9.17) is 4.74 Å². The quantitative estimate of drug-likeness (QED) is 0.445. The summed E-state index contributed by atoms with van der Waals surface area (Å²) in [7, 11) is 1.81. The van der Waals surface area contributed by atoms with Crippen LogP contribution in [0.4, 0.5) is 5.69 Å². The summed E-state index contributed by atoms with van der Waals surface area (Å²) in [6.45, 7) is 13.4. The highest BCUT2D eigenvalue weighted by Gasteiger charge is 2.30. The number of amides is 1. The van der Waals surface area contributed by atoms with Crippen LogP contribution in [0.3, 0.4) is 0 Å². The van der Waals surface area contributed by atoms with Crippen LogP contribution in [0.1, 0.15) is 62.6 Å². The molecule has 2 atom stereocenters. The third-order valence-corrected chi connectivity index (χ3v) is 5.68. The van der Waals surface area contributed by atoms with E-state index in [0.29, 0.717) is 22.5 Å². The van der Waals surface area contributed by atoms with Crippen LogP contribution in [0, 0.1) is 34.6 Å². The molecule has 0 aliphatic carbocycles. The van der Waals surface area contributed by atoms with Crippen LogP contribution in [0.15, 0.2) is 12.1 Å². The van der Waals surface area contributed by atoms with E-state index in [0.717, 1.165) is 27.3 Å². The van der Waals surface area contributed by atoms with Crippen LogP contribution < -0.4 is 10.2 Å². The molecule has 0 aliphatic rings. The molecule has 7 nitrogen and oxygen atoms in total. The Morgan fingerprint density at radius 1 is 1.10 bits per heavy atom. The number of anilines is 1. The normalized spacial score (nSPS) is 12.9. The molecule has 2 rings (SSSR count). The van der Waals surface area contributed by atoms with Gasteiger partial charge in [0.1, 0.15) is 0 Å². The van der Waals surface area contributed by atoms with Crippen LogP contribution in [0.2, 0.25) is 0 Å². The SMILES string of the molecule is CCOC(=O)c1c(C)[nH]c(C(=O)[C@H](C)[NH+](C)CC(=O)Nc2c(C)cc(C)cc2C)c1C. The Kier molecular flexibility index (Phi) is 7.79. The number of quaternary nitrogens is 1. The summed E-state index contributed by atoms with van der Waals surface area (Å²) >= 11 is 0. The Balaban J connectivity index is 2.12. The third kappa shape index (κ3) is 5.41. The molecular formula is C24H34N3O4+. The molecule has 3 N–H and O–H groups in total. The van der Waals surface area contributed by atoms with Crippen molar-refractivity contribution in [1.29, 1.82) is 0 Å². The Bertz CT molecular complexity index is 983. The first-order chi connectivity index (χ1) is 14.5. The molecule has 2 aromatic rings. The molecule has 0 fully saturated rings. The molecule has 7 heteroatoms. The van der Waals surface area contributed by atoms with Gasteiger partial charge in [-0.25, -0.2) is 4.79 Å². The first-order valence-corrected chi connectivity index (χ1v) is 10.6. The van der Waals surface area contributed by atoms with Gasteiger partial charge in [-0.2, -0.15) is 0 Å². The lowest BCUT2D eigenvalue weighted by Gasteiger charge is -2.21. The van der Waals surface area contributed by atoms with Gasteiger partial charge in [-0.1, -0.05) is 17.7 Å². The monoisotopic (exact) mass is 428 g/mol. The van der Waals surface area contributed by atoms with Gasteiger partial charge in [-0.15, -0.1) is 0 Å². The van der Waals surface area contributed by atoms with Crippen molar-refractivity contribution in [2.24, 2.45) is 0 Å². The second-order valence-corrected chi connectivity index (χ2v) is 8.28. The zero-order valence-corrected chi connectivity index (χ0v) is 19.8. The Labute approximate surface area is 184 Å². The van der Waals surface area contributed by atoms with Gasteiger partial charge in [0, 0.05) is 11.4 Å². The van der Waals surface area contributed by atoms with Gasteiger partial charge in [0.2, 0.25) is 5.78 Å². The molecule has 0 saturated heterocycles. The smallest absolute Gasteiger partial charge is 0.340 e. The fraction of sp³-hybridized carbons (Fsp3) is 0.458. The van der Waals surface area contributed by atoms with Crippen molar-refractivity contribution in [2.45, 2.75) is 54.5 Å². The molecule has 1 aromatic heterocycles. The lowest BCUT2D eigenvalue weighted by Crippen LogP contribution is -3.14. The topological polar surface area (TPSA) is 92.7 Å². The molecule has 1 amide bonds. The maximum Gasteiger partial charge on any atom is 0.340 e. The number of likely N-dealkylation sites (N-methyl/N-ethyl adjacent to an activating group) is 1. The molecule has 1 unspecified atom stereocenters. The maximum absolute atomic E-state index is 13.1. The number of H-pyrrole nitrogens is 1. The van der Waals surface area contributed by atoms with E-state index in [2.05, 4.69) is 10.3 Å². The Hall–Kier alpha value is -2.93. The van der Waals surface area contributed by atoms with Crippen molar-refractivity contribution in [3.63, 3.8) is 0 Å². The van der Waals surface area contributed by atoms with Crippen molar-refractivity contribution < 1.29 is 24.0 Å². The van der Waals surface area contributed by atoms with Gasteiger partial charge < -0.3 is 19.9 Å². The fourth-order valence-electron chi connectivity index (χ4n) is 3.91. The predicted molar refractivity (Wildman–Crippen MR) is 121 cm³/mol. The third-order valence-electron chi connectivity index (χ3n) is 5.68. The lowest BCUT2D eigenvalue weighted by atomic mass is 10.0. The molecule has 168 valence electrons. The predicted octanol–water partition coefficient (Wildman–Crippen LogP) is 2.46. The number of hydrogen-bond donors (Lipinski definition) is 3. The van der Waals surface area contributed by atoms with E-state index < -0.39 is 12.0 Å². The highest BCUT2D eigenvalue weighted by Crippen LogP contribution is 2.22. The first-order valence-electron chi connectivity index (χ1n) is 10.6. The van der Waals surface area contributed by atoms with Gasteiger partial charge in [0.25, 0.3) is 5.91 Å². The number of carbonyl (C=O) groups excluding carboxylic acids is 3. The Morgan fingerprint density at radius 3 is 2.23 bits per heavy atom. The molecule has 1 aromatic carbocycles. The number of ketones is 1. The number of esters is 1. The summed E-state index contributed by atoms with van der Waals surface area (Å²) in [6, 6.07) is 3.59. The molecular weight excluding hydrogens is 394 g/mol. The number of carbonyl (C=O) groups is 3. The van der Waals surface area contributed by atoms with Crippen molar-refractivity contribution in [3.05, 3.63) is 51.3 Å². The van der Waals surface area contributed by atoms with Crippen LogP contribution in [0.25, 0.3) is 0 Å². The minimum atomic E-state index is -0.474. The van der Waals surface area contributed by atoms with Crippen molar-refractivity contribution in [2.75, 3.05) is 25.5 Å². The average molecular weight is 429 g/mol. The summed E-state index contributed by atoms with van der Waals surface area (Å²) in [5.41, 5.74) is 5.96. The molecule has 0 radical (unpaired) electrons. The van der Waals surface area contributed by atoms with E-state index >= 15 is 0 Å². The number of aromatic nitrogens is 1. The van der Waals surface area contributed by atoms with E-state index in [-0.39, 0.29) is 24.8 Å². The van der Waals surface area contributed by atoms with E-state index in [9.17, 15) is 14.4 Å². The number of rotatable bonds is 8. The number of nitrogens with one attached hydrogen (secondary N) is 3. The number of hydrogen-bond acceptors (Lipinski definition) is 4. The molecule has 0 spiro atoms. The van der Waals surface area contributed by atoms with Crippen LogP contribution in [0.5, 0.6) is 0 Å². The van der Waals surface area contributed by atoms with Gasteiger partial charge in [-0.05, 0) is 65.2 Å². The summed E-state index contributed by atoms with van der Waals surface area (Å²) in [5, 5.41) is 2.98. The van der Waals surface area contributed by atoms with E-state index in [1.165, 1.54) is 0 Å². The molecule has 0 saturated carbocycles. The largest absolute Gasteiger partial charge is 0.462 e. The van der Waals surface area contributed by atoms with Crippen molar-refractivity contribution in [1.82, 2.24) is 4.98 Å². The number of aromatic amines is 1. The summed E-state index contributed by atoms with van der Waals surface area (Å²) in [6.07, 6.45) is 0. The van der Waals surface area contributed by atoms with E-state index in [1.54, 1.807) is 27.7 Å². The Morgan fingerprint density at radius 2 is 1.68 bits per heavy atom. The zero-order valence-electron chi connectivity index (χ0n) is 19.8. The van der Waals surface area contributed by atoms with Crippen LogP contribution in [-0.4, -0.2) is 48.9 Å². The minimum absolute atomic E-state index is 0.142. The first kappa shape index (κ1) is 24.3. The summed E-state index contributed by atoms with van der Waals surface area (Å²) < 4.78 is 5.10. The highest BCUT2D eigenvalue weighted by atomic mass is 16.5. The number of aryl methyl sites for hydroxylation is 4. The molecule has 31 heavy (non-hydrogen) atoms. The van der Waals surface area contributed by atoms with Gasteiger partial charge in [-0.3, -0.25) is 9.59 Å². The minimum Gasteiger partial charge on any atom is -0.462 e. The van der Waals surface area contributed by atoms with Gasteiger partial charge in [0.15, 0.2) is 12.6 Å². The molecule has 0 bridgehead atoms. The van der Waals surface area contributed by atoms with E-state index in [1.807, 2.05) is 40.0 Å². The second-order valence-electron chi connectivity index (χ2n) is 8.28. The number of Topliss-reactive ketones (excluding diaryl/α,β-unsaturated/α-hetero) is 1. The van der Waals surface area contributed by atoms with Crippen molar-refractivity contribution in [3.8, 4) is 0 Å². The fourth-order valence-corrected chi connectivity index (χ4v) is 3.91. The number of benzene rings is 1. The van der Waals surface area contributed by atoms with Gasteiger partial charge >= 0.3 is 5.97 Å². The van der Waals surface area contributed by atoms with Crippen molar-refractivity contribution >= 4 is 23.3 Å². The maximum atomic E-state index is 13.1. The van der Waals surface area contributed by atoms with Crippen LogP contribution >= 0.6 is 0 Å². The molecule has 1 heterocycles. The zero-order chi connectivity index (χ0) is 23.5. The summed E-state index contributed by atoms with van der Waals surface area (Å²) in [4.78, 5) is 41.8. The van der Waals surface area contributed by atoms with Gasteiger partial charge in [0.05, 0.1) is 24.9 Å². The second kappa shape index (κ2) is 9.92. The highest BCUT2D eigenvalue weighted by molar-refractivity contribution is 6.03. The standard InChI is InChI=1S/C24H33N3O4/c1-9-31-24(30)20-16(5)22(25-17(20)6)23(29)18(7)27(8)12-19(28)26-21-14(3)10-13(2)11-15(21)4/h10-11,18,25H,9,12H2,1-8H3,(H,26,28)/p+1/t18-/m0/s1.